The zero-order valence-corrected chi connectivity index (χ0v) is 13.7. The van der Waals surface area contributed by atoms with E-state index in [4.69, 9.17) is 12.2 Å². The van der Waals surface area contributed by atoms with Gasteiger partial charge in [0.1, 0.15) is 11.6 Å². The quantitative estimate of drug-likeness (QED) is 0.517. The number of imidazole rings is 1. The molecule has 0 amide bonds. The normalized spacial score (nSPS) is 11.2. The molecule has 2 aromatic carbocycles. The summed E-state index contributed by atoms with van der Waals surface area (Å²) < 4.78 is 29.7. The van der Waals surface area contributed by atoms with Crippen molar-refractivity contribution in [2.45, 2.75) is 0 Å². The summed E-state index contributed by atoms with van der Waals surface area (Å²) in [5, 5.41) is 0. The first-order valence-electron chi connectivity index (χ1n) is 5.52. The third-order valence-corrected chi connectivity index (χ3v) is 4.39. The summed E-state index contributed by atoms with van der Waals surface area (Å²) >= 11 is 11.6. The fourth-order valence-corrected chi connectivity index (χ4v) is 2.99. The molecule has 3 aromatic rings. The van der Waals surface area contributed by atoms with E-state index < -0.39 is 0 Å². The molecule has 0 unspecified atom stereocenters. The maximum absolute atomic E-state index is 13.5. The van der Waals surface area contributed by atoms with E-state index in [9.17, 15) is 8.78 Å². The monoisotopic (exact) mass is 418 g/mol. The van der Waals surface area contributed by atoms with Gasteiger partial charge in [0.05, 0.1) is 20.0 Å². The predicted octanol–water partition coefficient (Wildman–Crippen LogP) is 5.49. The Morgan fingerprint density at radius 1 is 1.00 bits per heavy atom. The van der Waals surface area contributed by atoms with Gasteiger partial charge in [0.2, 0.25) is 0 Å². The average molecular weight is 420 g/mol. The molecular formula is C13H6Br2F2N2S. The molecule has 0 aliphatic heterocycles. The molecule has 1 N–H and O–H groups in total. The molecule has 3 rings (SSSR count). The number of hydrogen-bond acceptors (Lipinski definition) is 1. The van der Waals surface area contributed by atoms with Crippen molar-refractivity contribution in [1.82, 2.24) is 9.55 Å². The van der Waals surface area contributed by atoms with E-state index in [0.29, 0.717) is 30.4 Å². The molecule has 20 heavy (non-hydrogen) atoms. The van der Waals surface area contributed by atoms with Crippen LogP contribution in [0.4, 0.5) is 8.78 Å². The third kappa shape index (κ3) is 2.23. The maximum atomic E-state index is 13.5. The molecule has 7 heteroatoms. The Labute approximate surface area is 134 Å². The molecule has 0 aliphatic carbocycles. The van der Waals surface area contributed by atoms with Crippen LogP contribution in [0.15, 0.2) is 39.3 Å². The lowest BCUT2D eigenvalue weighted by molar-refractivity contribution is 0.620. The van der Waals surface area contributed by atoms with E-state index >= 15 is 0 Å². The summed E-state index contributed by atoms with van der Waals surface area (Å²) in [6.07, 6.45) is 0. The maximum Gasteiger partial charge on any atom is 0.182 e. The minimum Gasteiger partial charge on any atom is -0.330 e. The molecule has 1 heterocycles. The predicted molar refractivity (Wildman–Crippen MR) is 83.8 cm³/mol. The standard InChI is InChI=1S/C13H6Br2F2N2S/c14-7-3-6(1-2-9(7)16)19-12-4-8(15)10(17)5-11(12)18-13(19)20/h1-5H,(H,18,20). The van der Waals surface area contributed by atoms with Gasteiger partial charge in [-0.3, -0.25) is 4.57 Å². The number of nitrogens with one attached hydrogen (secondary N) is 1. The van der Waals surface area contributed by atoms with Crippen LogP contribution in [0.1, 0.15) is 0 Å². The summed E-state index contributed by atoms with van der Waals surface area (Å²) in [5.41, 5.74) is 1.98. The van der Waals surface area contributed by atoms with Crippen LogP contribution in [0.2, 0.25) is 0 Å². The van der Waals surface area contributed by atoms with Crippen molar-refractivity contribution in [1.29, 1.82) is 0 Å². The lowest BCUT2D eigenvalue weighted by Gasteiger charge is -2.06. The zero-order valence-electron chi connectivity index (χ0n) is 9.75. The number of fused-ring (bicyclic) bond motifs is 1. The van der Waals surface area contributed by atoms with Crippen LogP contribution in [0.5, 0.6) is 0 Å². The second-order valence-corrected chi connectivity index (χ2v) is 6.24. The van der Waals surface area contributed by atoms with Crippen molar-refractivity contribution in [2.24, 2.45) is 0 Å². The number of aromatic amines is 1. The summed E-state index contributed by atoms with van der Waals surface area (Å²) in [6.45, 7) is 0. The van der Waals surface area contributed by atoms with E-state index in [-0.39, 0.29) is 11.6 Å². The van der Waals surface area contributed by atoms with E-state index in [2.05, 4.69) is 36.8 Å². The first kappa shape index (κ1) is 13.9. The van der Waals surface area contributed by atoms with E-state index in [0.717, 1.165) is 0 Å². The topological polar surface area (TPSA) is 20.7 Å². The van der Waals surface area contributed by atoms with Crippen molar-refractivity contribution < 1.29 is 8.78 Å². The summed E-state index contributed by atoms with van der Waals surface area (Å²) in [5.74, 6) is -0.728. The molecule has 0 saturated heterocycles. The third-order valence-electron chi connectivity index (χ3n) is 2.89. The number of aromatic nitrogens is 2. The molecule has 102 valence electrons. The van der Waals surface area contributed by atoms with Gasteiger partial charge in [-0.15, -0.1) is 0 Å². The molecule has 0 bridgehead atoms. The molecule has 0 radical (unpaired) electrons. The van der Waals surface area contributed by atoms with Crippen molar-refractivity contribution in [3.05, 3.63) is 55.7 Å². The van der Waals surface area contributed by atoms with Crippen molar-refractivity contribution >= 4 is 55.1 Å². The SMILES string of the molecule is Fc1ccc(-n2c(=S)[nH]c3cc(F)c(Br)cc32)cc1Br. The summed E-state index contributed by atoms with van der Waals surface area (Å²) in [6, 6.07) is 7.58. The summed E-state index contributed by atoms with van der Waals surface area (Å²) in [7, 11) is 0. The van der Waals surface area contributed by atoms with Crippen LogP contribution in [0, 0.1) is 16.4 Å². The first-order valence-corrected chi connectivity index (χ1v) is 7.52. The van der Waals surface area contributed by atoms with E-state index in [1.165, 1.54) is 12.1 Å². The fraction of sp³-hybridized carbons (Fsp3) is 0. The highest BCUT2D eigenvalue weighted by molar-refractivity contribution is 9.10. The second-order valence-electron chi connectivity index (χ2n) is 4.15. The molecule has 0 spiro atoms. The van der Waals surface area contributed by atoms with Gasteiger partial charge < -0.3 is 4.98 Å². The highest BCUT2D eigenvalue weighted by Gasteiger charge is 2.11. The van der Waals surface area contributed by atoms with Gasteiger partial charge >= 0.3 is 0 Å². The van der Waals surface area contributed by atoms with Crippen molar-refractivity contribution in [3.63, 3.8) is 0 Å². The van der Waals surface area contributed by atoms with E-state index in [1.807, 2.05) is 0 Å². The molecule has 0 saturated carbocycles. The molecule has 1 aromatic heterocycles. The largest absolute Gasteiger partial charge is 0.330 e. The lowest BCUT2D eigenvalue weighted by atomic mass is 10.2. The molecular weight excluding hydrogens is 414 g/mol. The molecule has 0 fully saturated rings. The highest BCUT2D eigenvalue weighted by atomic mass is 79.9. The second kappa shape index (κ2) is 5.05. The molecule has 0 aliphatic rings. The number of halogens is 4. The Bertz CT molecular complexity index is 886. The molecule has 2 nitrogen and oxygen atoms in total. The minimum atomic E-state index is -0.374. The smallest absolute Gasteiger partial charge is 0.182 e. The van der Waals surface area contributed by atoms with Gasteiger partial charge in [0.25, 0.3) is 0 Å². The number of hydrogen-bond donors (Lipinski definition) is 1. The Hall–Kier alpha value is -1.05. The number of benzene rings is 2. The van der Waals surface area contributed by atoms with Gasteiger partial charge in [-0.2, -0.15) is 0 Å². The summed E-state index contributed by atoms with van der Waals surface area (Å²) in [4.78, 5) is 2.94. The Kier molecular flexibility index (Phi) is 3.51. The van der Waals surface area contributed by atoms with Gasteiger partial charge in [-0.25, -0.2) is 8.78 Å². The Morgan fingerprint density at radius 2 is 1.70 bits per heavy atom. The highest BCUT2D eigenvalue weighted by Crippen LogP contribution is 2.27. The van der Waals surface area contributed by atoms with Gasteiger partial charge in [0, 0.05) is 11.8 Å². The van der Waals surface area contributed by atoms with Crippen LogP contribution >= 0.6 is 44.1 Å². The molecule has 0 atom stereocenters. The van der Waals surface area contributed by atoms with Crippen LogP contribution in [0.3, 0.4) is 0 Å². The average Bonchev–Trinajstić information content (AvgIpc) is 2.69. The number of rotatable bonds is 1. The van der Waals surface area contributed by atoms with Crippen LogP contribution in [-0.2, 0) is 0 Å². The lowest BCUT2D eigenvalue weighted by Crippen LogP contribution is -1.95. The first-order chi connectivity index (χ1) is 9.47. The number of H-pyrrole nitrogens is 1. The minimum absolute atomic E-state index is 0.340. The number of nitrogens with zero attached hydrogens (tertiary/aromatic N) is 1. The van der Waals surface area contributed by atoms with Gasteiger partial charge in [0.15, 0.2) is 4.77 Å². The zero-order chi connectivity index (χ0) is 14.4. The van der Waals surface area contributed by atoms with E-state index in [1.54, 1.807) is 22.8 Å². The Morgan fingerprint density at radius 3 is 2.40 bits per heavy atom. The van der Waals surface area contributed by atoms with Crippen LogP contribution in [0.25, 0.3) is 16.7 Å². The van der Waals surface area contributed by atoms with Crippen LogP contribution < -0.4 is 0 Å². The van der Waals surface area contributed by atoms with Crippen molar-refractivity contribution in [2.75, 3.05) is 0 Å². The Balaban J connectivity index is 2.35. The van der Waals surface area contributed by atoms with Gasteiger partial charge in [-0.05, 0) is 68.3 Å². The fourth-order valence-electron chi connectivity index (χ4n) is 1.98. The van der Waals surface area contributed by atoms with Gasteiger partial charge in [-0.1, -0.05) is 0 Å². The van der Waals surface area contributed by atoms with Crippen LogP contribution in [-0.4, -0.2) is 9.55 Å². The van der Waals surface area contributed by atoms with Crippen molar-refractivity contribution in [3.8, 4) is 5.69 Å².